The van der Waals surface area contributed by atoms with E-state index in [-0.39, 0.29) is 17.9 Å². The second kappa shape index (κ2) is 10.2. The molecule has 0 spiro atoms. The maximum Gasteiger partial charge on any atom is 0.315 e. The zero-order chi connectivity index (χ0) is 28.7. The first-order valence-electron chi connectivity index (χ1n) is 13.5. The molecule has 1 aliphatic heterocycles. The van der Waals surface area contributed by atoms with Crippen molar-refractivity contribution in [2.24, 2.45) is 11.3 Å². The van der Waals surface area contributed by atoms with Gasteiger partial charge in [-0.3, -0.25) is 9.59 Å². The number of amides is 1. The number of allylic oxidation sites excluding steroid dienone is 1. The van der Waals surface area contributed by atoms with Crippen LogP contribution in [0.1, 0.15) is 45.1 Å². The number of hydrogen-bond acceptors (Lipinski definition) is 8. The van der Waals surface area contributed by atoms with Crippen LogP contribution in [0.5, 0.6) is 5.75 Å². The van der Waals surface area contributed by atoms with Gasteiger partial charge in [-0.05, 0) is 55.4 Å². The van der Waals surface area contributed by atoms with Crippen LogP contribution in [-0.2, 0) is 9.59 Å². The molecule has 2 atom stereocenters. The van der Waals surface area contributed by atoms with Crippen LogP contribution >= 0.6 is 0 Å². The van der Waals surface area contributed by atoms with E-state index in [1.807, 2.05) is 24.4 Å². The molecule has 0 saturated carbocycles. The molecule has 1 amide bonds. The molecule has 5 heterocycles. The minimum absolute atomic E-state index is 0.180. The largest absolute Gasteiger partial charge is 0.481 e. The molecule has 12 heteroatoms. The van der Waals surface area contributed by atoms with Crippen molar-refractivity contribution in [2.45, 2.75) is 45.6 Å². The van der Waals surface area contributed by atoms with E-state index in [2.05, 4.69) is 57.2 Å². The fourth-order valence-corrected chi connectivity index (χ4v) is 5.38. The Morgan fingerprint density at radius 2 is 1.85 bits per heavy atom. The first-order valence-corrected chi connectivity index (χ1v) is 13.5. The third-order valence-electron chi connectivity index (χ3n) is 7.76. The molecule has 4 aromatic rings. The summed E-state index contributed by atoms with van der Waals surface area (Å²) >= 11 is 0. The number of carbonyl (C=O) groups is 2. The van der Waals surface area contributed by atoms with E-state index in [1.165, 1.54) is 19.6 Å². The lowest BCUT2D eigenvalue weighted by Gasteiger charge is -2.33. The van der Waals surface area contributed by atoms with Gasteiger partial charge in [-0.25, -0.2) is 19.0 Å². The summed E-state index contributed by atoms with van der Waals surface area (Å²) < 4.78 is 9.71. The number of ether oxygens (including phenoxy) is 1. The molecule has 41 heavy (non-hydrogen) atoms. The van der Waals surface area contributed by atoms with Crippen LogP contribution in [0.3, 0.4) is 0 Å². The SMILES string of the molecule is CC(C(=O)O)C(=O)N1CCC(c2ccn3ncnc(NC4=CC(C)(C)C(Oc5ccn6ncnc6c5)C#C4)c23)CC1. The van der Waals surface area contributed by atoms with Crippen molar-refractivity contribution in [3.63, 3.8) is 0 Å². The van der Waals surface area contributed by atoms with Crippen molar-refractivity contribution in [3.05, 3.63) is 60.6 Å². The molecule has 210 valence electrons. The monoisotopic (exact) mass is 554 g/mol. The number of nitrogens with one attached hydrogen (secondary N) is 1. The van der Waals surface area contributed by atoms with Crippen molar-refractivity contribution >= 4 is 28.9 Å². The summed E-state index contributed by atoms with van der Waals surface area (Å²) in [6.45, 7) is 6.59. The lowest BCUT2D eigenvalue weighted by atomic mass is 9.83. The average molecular weight is 555 g/mol. The van der Waals surface area contributed by atoms with Crippen molar-refractivity contribution < 1.29 is 19.4 Å². The Balaban J connectivity index is 1.19. The molecule has 1 saturated heterocycles. The van der Waals surface area contributed by atoms with Gasteiger partial charge >= 0.3 is 5.97 Å². The van der Waals surface area contributed by atoms with E-state index in [4.69, 9.17) is 4.74 Å². The molecule has 1 aliphatic carbocycles. The number of nitrogens with zero attached hydrogens (tertiary/aromatic N) is 7. The minimum Gasteiger partial charge on any atom is -0.481 e. The third kappa shape index (κ3) is 5.06. The Morgan fingerprint density at radius 3 is 2.61 bits per heavy atom. The number of pyridine rings is 1. The van der Waals surface area contributed by atoms with Gasteiger partial charge in [-0.2, -0.15) is 10.2 Å². The van der Waals surface area contributed by atoms with Crippen LogP contribution in [0.15, 0.2) is 55.0 Å². The highest BCUT2D eigenvalue weighted by Crippen LogP contribution is 2.35. The summed E-state index contributed by atoms with van der Waals surface area (Å²) in [5, 5.41) is 21.1. The lowest BCUT2D eigenvalue weighted by molar-refractivity contribution is -0.150. The normalized spacial score (nSPS) is 19.3. The van der Waals surface area contributed by atoms with Gasteiger partial charge in [0.2, 0.25) is 5.91 Å². The van der Waals surface area contributed by atoms with Gasteiger partial charge < -0.3 is 20.1 Å². The summed E-state index contributed by atoms with van der Waals surface area (Å²) in [5.74, 6) is 5.46. The van der Waals surface area contributed by atoms with Crippen LogP contribution in [0.25, 0.3) is 11.2 Å². The van der Waals surface area contributed by atoms with Crippen molar-refractivity contribution in [1.29, 1.82) is 0 Å². The molecule has 6 rings (SSSR count). The molecule has 4 aromatic heterocycles. The number of piperidine rings is 1. The van der Waals surface area contributed by atoms with Crippen LogP contribution in [0, 0.1) is 23.2 Å². The van der Waals surface area contributed by atoms with E-state index in [0.717, 1.165) is 29.6 Å². The Labute approximate surface area is 236 Å². The first-order chi connectivity index (χ1) is 19.7. The molecule has 0 radical (unpaired) electrons. The van der Waals surface area contributed by atoms with Gasteiger partial charge in [-0.1, -0.05) is 19.8 Å². The third-order valence-corrected chi connectivity index (χ3v) is 7.76. The van der Waals surface area contributed by atoms with Crippen molar-refractivity contribution in [1.82, 2.24) is 34.1 Å². The topological polar surface area (TPSA) is 139 Å². The number of anilines is 1. The second-order valence-corrected chi connectivity index (χ2v) is 11.0. The maximum atomic E-state index is 12.5. The van der Waals surface area contributed by atoms with Gasteiger partial charge in [0.1, 0.15) is 29.8 Å². The zero-order valence-electron chi connectivity index (χ0n) is 23.0. The van der Waals surface area contributed by atoms with Crippen molar-refractivity contribution in [3.8, 4) is 17.6 Å². The van der Waals surface area contributed by atoms with Gasteiger partial charge in [0.25, 0.3) is 0 Å². The van der Waals surface area contributed by atoms with E-state index in [1.54, 1.807) is 20.1 Å². The van der Waals surface area contributed by atoms with Crippen LogP contribution in [0.4, 0.5) is 5.82 Å². The van der Waals surface area contributed by atoms with E-state index >= 15 is 0 Å². The van der Waals surface area contributed by atoms with Gasteiger partial charge in [0, 0.05) is 37.0 Å². The number of fused-ring (bicyclic) bond motifs is 2. The highest BCUT2D eigenvalue weighted by molar-refractivity contribution is 5.96. The second-order valence-electron chi connectivity index (χ2n) is 11.0. The number of aromatic nitrogens is 6. The Kier molecular flexibility index (Phi) is 6.57. The quantitative estimate of drug-likeness (QED) is 0.261. The minimum atomic E-state index is -1.10. The molecular weight excluding hydrogens is 524 g/mol. The number of carboxylic acids is 1. The molecule has 0 aromatic carbocycles. The number of carbonyl (C=O) groups excluding carboxylic acids is 1. The van der Waals surface area contributed by atoms with Gasteiger partial charge in [0.05, 0.1) is 5.70 Å². The summed E-state index contributed by atoms with van der Waals surface area (Å²) in [6.07, 6.45) is 9.84. The smallest absolute Gasteiger partial charge is 0.315 e. The molecule has 1 fully saturated rings. The molecular formula is C29H30N8O4. The number of carboxylic acid groups (broad SMARTS) is 1. The molecule has 2 unspecified atom stereocenters. The molecule has 12 nitrogen and oxygen atoms in total. The zero-order valence-corrected chi connectivity index (χ0v) is 23.0. The summed E-state index contributed by atoms with van der Waals surface area (Å²) in [6, 6.07) is 5.72. The van der Waals surface area contributed by atoms with Crippen LogP contribution in [-0.4, -0.2) is 70.3 Å². The predicted octanol–water partition coefficient (Wildman–Crippen LogP) is 2.99. The van der Waals surface area contributed by atoms with E-state index < -0.39 is 17.3 Å². The highest BCUT2D eigenvalue weighted by atomic mass is 16.5. The Bertz CT molecular complexity index is 1740. The fraction of sp³-hybridized carbons (Fsp3) is 0.379. The maximum absolute atomic E-state index is 12.5. The fourth-order valence-electron chi connectivity index (χ4n) is 5.38. The lowest BCUT2D eigenvalue weighted by Crippen LogP contribution is -2.42. The number of likely N-dealkylation sites (tertiary alicyclic amines) is 1. The number of aliphatic carboxylic acids is 1. The average Bonchev–Trinajstić information content (AvgIpc) is 3.61. The molecule has 2 N–H and O–H groups in total. The predicted molar refractivity (Wildman–Crippen MR) is 149 cm³/mol. The summed E-state index contributed by atoms with van der Waals surface area (Å²) in [5.41, 5.74) is 2.95. The summed E-state index contributed by atoms with van der Waals surface area (Å²) in [7, 11) is 0. The summed E-state index contributed by atoms with van der Waals surface area (Å²) in [4.78, 5) is 34.2. The van der Waals surface area contributed by atoms with E-state index in [9.17, 15) is 14.7 Å². The van der Waals surface area contributed by atoms with Gasteiger partial charge in [-0.15, -0.1) is 0 Å². The standard InChI is InChI=1S/C29H30N8O4/c1-18(28(39)40)27(38)35-10-6-19(7-11-35)22-9-13-37-25(22)26(31-17-33-37)34-20-4-5-23(29(2,3)15-20)41-21-8-12-36-24(14-21)30-16-32-36/h8-9,12-19,23H,6-7,10-11H2,1-3H3,(H,39,40)(H,31,33,34). The van der Waals surface area contributed by atoms with Crippen LogP contribution < -0.4 is 10.1 Å². The first kappa shape index (κ1) is 26.3. The molecule has 0 bridgehead atoms. The number of hydrogen-bond donors (Lipinski definition) is 2. The molecule has 2 aliphatic rings. The number of rotatable bonds is 7. The van der Waals surface area contributed by atoms with Crippen LogP contribution in [0.2, 0.25) is 0 Å². The van der Waals surface area contributed by atoms with E-state index in [0.29, 0.717) is 30.3 Å². The van der Waals surface area contributed by atoms with Crippen molar-refractivity contribution in [2.75, 3.05) is 18.4 Å². The van der Waals surface area contributed by atoms with Gasteiger partial charge in [0.15, 0.2) is 17.6 Å². The Hall–Kier alpha value is -4.92. The highest BCUT2D eigenvalue weighted by Gasteiger charge is 2.33. The Morgan fingerprint density at radius 1 is 1.12 bits per heavy atom.